The van der Waals surface area contributed by atoms with E-state index < -0.39 is 0 Å². The lowest BCUT2D eigenvalue weighted by Crippen LogP contribution is -1.96. The Kier molecular flexibility index (Phi) is 7.71. The first-order valence-corrected chi connectivity index (χ1v) is 21.6. The molecule has 0 atom stereocenters. The summed E-state index contributed by atoms with van der Waals surface area (Å²) in [4.78, 5) is 0. The molecule has 0 amide bonds. The Hall–Kier alpha value is -8.06. The average molecular weight is 783 g/mol. The van der Waals surface area contributed by atoms with E-state index in [1.54, 1.807) is 0 Å². The van der Waals surface area contributed by atoms with Gasteiger partial charge >= 0.3 is 0 Å². The van der Waals surface area contributed by atoms with Crippen LogP contribution in [0.25, 0.3) is 133 Å². The fourth-order valence-corrected chi connectivity index (χ4v) is 10.9. The Bertz CT molecular complexity index is 3350. The molecule has 0 saturated carbocycles. The quantitative estimate of drug-likeness (QED) is 0.158. The van der Waals surface area contributed by atoms with Crippen molar-refractivity contribution in [2.75, 3.05) is 0 Å². The summed E-state index contributed by atoms with van der Waals surface area (Å²) in [7, 11) is 0. The highest BCUT2D eigenvalue weighted by Crippen LogP contribution is 2.64. The van der Waals surface area contributed by atoms with Crippen molar-refractivity contribution in [3.8, 4) is 111 Å². The molecule has 2 aliphatic carbocycles. The van der Waals surface area contributed by atoms with Crippen molar-refractivity contribution in [3.05, 3.63) is 231 Å². The molecule has 0 fully saturated rings. The molecule has 0 aliphatic heterocycles. The van der Waals surface area contributed by atoms with Gasteiger partial charge in [-0.25, -0.2) is 0 Å². The summed E-state index contributed by atoms with van der Waals surface area (Å²) in [5.41, 5.74) is 25.4. The zero-order chi connectivity index (χ0) is 40.7. The molecule has 62 heavy (non-hydrogen) atoms. The summed E-state index contributed by atoms with van der Waals surface area (Å²) in [6.07, 6.45) is 0. The van der Waals surface area contributed by atoms with Gasteiger partial charge in [-0.3, -0.25) is 0 Å². The van der Waals surface area contributed by atoms with Gasteiger partial charge in [0.2, 0.25) is 0 Å². The average Bonchev–Trinajstić information content (AvgIpc) is 3.87. The third-order valence-electron chi connectivity index (χ3n) is 13.4. The number of benzene rings is 11. The highest BCUT2D eigenvalue weighted by atomic mass is 14.4. The molecule has 0 aromatic heterocycles. The standard InChI is InChI=1S/C62H38/c1-5-19-39(20-6-1)43-27-13-15-29-47(43)57-49-31-17-18-32-50(49)58(48-30-16-14-28-44(48)40-21-7-2-8-22-40)62-54-38-36-52-56-46(42-25-11-4-12-26-42)34-33-45(41-23-9-3-10-24-41)55(56)51-35-37-53(61(57)62)60(54)59(51)52/h1-38H. The van der Waals surface area contributed by atoms with Crippen molar-refractivity contribution < 1.29 is 0 Å². The molecule has 286 valence electrons. The van der Waals surface area contributed by atoms with Crippen LogP contribution >= 0.6 is 0 Å². The van der Waals surface area contributed by atoms with Gasteiger partial charge in [0.15, 0.2) is 0 Å². The lowest BCUT2D eigenvalue weighted by atomic mass is 9.79. The Morgan fingerprint density at radius 1 is 0.145 bits per heavy atom. The van der Waals surface area contributed by atoms with Crippen LogP contribution in [-0.4, -0.2) is 0 Å². The van der Waals surface area contributed by atoms with Gasteiger partial charge in [0.05, 0.1) is 0 Å². The highest BCUT2D eigenvalue weighted by molar-refractivity contribution is 6.34. The Labute approximate surface area is 361 Å². The van der Waals surface area contributed by atoms with Crippen LogP contribution in [0.15, 0.2) is 231 Å². The zero-order valence-electron chi connectivity index (χ0n) is 33.9. The maximum Gasteiger partial charge on any atom is -0.000718 e. The van der Waals surface area contributed by atoms with Crippen LogP contribution in [0.2, 0.25) is 0 Å². The van der Waals surface area contributed by atoms with Crippen molar-refractivity contribution in [3.63, 3.8) is 0 Å². The van der Waals surface area contributed by atoms with Crippen molar-refractivity contribution in [2.45, 2.75) is 0 Å². The summed E-state index contributed by atoms with van der Waals surface area (Å²) in [6.45, 7) is 0. The minimum absolute atomic E-state index is 1.22. The SMILES string of the molecule is c1ccc(-c2ccccc2-c2c3c(c(-c4ccccc4-c4ccccc4)c4ccccc24)-c2ccc4c5c(ccc-3c25)-c2c(-c3ccccc3)ccc(-c3ccccc3)c2-4)cc1. The molecule has 0 heterocycles. The lowest BCUT2D eigenvalue weighted by Gasteiger charge is -2.23. The molecule has 0 unspecified atom stereocenters. The zero-order valence-corrected chi connectivity index (χ0v) is 33.9. The third kappa shape index (κ3) is 5.01. The predicted octanol–water partition coefficient (Wildman–Crippen LogP) is 17.3. The third-order valence-corrected chi connectivity index (χ3v) is 13.4. The first-order valence-electron chi connectivity index (χ1n) is 21.6. The van der Waals surface area contributed by atoms with Crippen LogP contribution in [0.5, 0.6) is 0 Å². The van der Waals surface area contributed by atoms with E-state index in [1.807, 2.05) is 0 Å². The first-order chi connectivity index (χ1) is 30.8. The molecule has 0 N–H and O–H groups in total. The Morgan fingerprint density at radius 3 is 0.758 bits per heavy atom. The Morgan fingerprint density at radius 2 is 0.403 bits per heavy atom. The van der Waals surface area contributed by atoms with Gasteiger partial charge in [-0.1, -0.05) is 231 Å². The summed E-state index contributed by atoms with van der Waals surface area (Å²) < 4.78 is 0. The van der Waals surface area contributed by atoms with Gasteiger partial charge < -0.3 is 0 Å². The number of rotatable bonds is 6. The van der Waals surface area contributed by atoms with E-state index in [9.17, 15) is 0 Å². The summed E-state index contributed by atoms with van der Waals surface area (Å²) in [6, 6.07) is 85.3. The van der Waals surface area contributed by atoms with E-state index in [1.165, 1.54) is 133 Å². The maximum absolute atomic E-state index is 2.45. The molecule has 11 aromatic carbocycles. The summed E-state index contributed by atoms with van der Waals surface area (Å²) in [5.74, 6) is 0. The van der Waals surface area contributed by atoms with Gasteiger partial charge in [0.25, 0.3) is 0 Å². The summed E-state index contributed by atoms with van der Waals surface area (Å²) in [5, 5.41) is 5.21. The van der Waals surface area contributed by atoms with Crippen LogP contribution in [0, 0.1) is 0 Å². The second-order valence-electron chi connectivity index (χ2n) is 16.6. The van der Waals surface area contributed by atoms with Gasteiger partial charge in [-0.2, -0.15) is 0 Å². The predicted molar refractivity (Wildman–Crippen MR) is 263 cm³/mol. The fourth-order valence-electron chi connectivity index (χ4n) is 10.9. The van der Waals surface area contributed by atoms with Crippen LogP contribution in [0.3, 0.4) is 0 Å². The van der Waals surface area contributed by atoms with Crippen LogP contribution in [0.4, 0.5) is 0 Å². The number of fused-ring (bicyclic) bond motifs is 7. The van der Waals surface area contributed by atoms with Gasteiger partial charge in [-0.05, 0) is 133 Å². The molecule has 0 spiro atoms. The minimum atomic E-state index is 1.22. The van der Waals surface area contributed by atoms with E-state index >= 15 is 0 Å². The van der Waals surface area contributed by atoms with Crippen molar-refractivity contribution >= 4 is 21.5 Å². The first kappa shape index (κ1) is 34.8. The largest absolute Gasteiger partial charge is 0.0622 e. The normalized spacial score (nSPS) is 11.9. The van der Waals surface area contributed by atoms with Crippen molar-refractivity contribution in [1.29, 1.82) is 0 Å². The van der Waals surface area contributed by atoms with Crippen LogP contribution in [0.1, 0.15) is 0 Å². The smallest absolute Gasteiger partial charge is 0.000718 e. The van der Waals surface area contributed by atoms with Crippen LogP contribution < -0.4 is 0 Å². The molecule has 13 rings (SSSR count). The highest BCUT2D eigenvalue weighted by Gasteiger charge is 2.36. The van der Waals surface area contributed by atoms with Crippen molar-refractivity contribution in [2.24, 2.45) is 0 Å². The van der Waals surface area contributed by atoms with Crippen LogP contribution in [-0.2, 0) is 0 Å². The molecule has 0 radical (unpaired) electrons. The van der Waals surface area contributed by atoms with Crippen molar-refractivity contribution in [1.82, 2.24) is 0 Å². The minimum Gasteiger partial charge on any atom is -0.0622 e. The monoisotopic (exact) mass is 782 g/mol. The van der Waals surface area contributed by atoms with Gasteiger partial charge in [-0.15, -0.1) is 0 Å². The Balaban J connectivity index is 1.19. The van der Waals surface area contributed by atoms with Gasteiger partial charge in [0, 0.05) is 0 Å². The molecule has 0 saturated heterocycles. The van der Waals surface area contributed by atoms with Gasteiger partial charge in [0.1, 0.15) is 0 Å². The van der Waals surface area contributed by atoms with E-state index in [4.69, 9.17) is 0 Å². The molecular formula is C62H38. The lowest BCUT2D eigenvalue weighted by molar-refractivity contribution is 1.58. The molecule has 11 aromatic rings. The van der Waals surface area contributed by atoms with E-state index in [2.05, 4.69) is 231 Å². The summed E-state index contributed by atoms with van der Waals surface area (Å²) >= 11 is 0. The maximum atomic E-state index is 2.45. The molecular weight excluding hydrogens is 745 g/mol. The topological polar surface area (TPSA) is 0 Å². The molecule has 0 nitrogen and oxygen atoms in total. The van der Waals surface area contributed by atoms with E-state index in [0.29, 0.717) is 0 Å². The second-order valence-corrected chi connectivity index (χ2v) is 16.6. The van der Waals surface area contributed by atoms with E-state index in [-0.39, 0.29) is 0 Å². The number of hydrogen-bond donors (Lipinski definition) is 0. The fraction of sp³-hybridized carbons (Fsp3) is 0. The molecule has 0 bridgehead atoms. The second kappa shape index (κ2) is 13.7. The van der Waals surface area contributed by atoms with E-state index in [0.717, 1.165) is 0 Å². The molecule has 0 heteroatoms. The number of hydrogen-bond acceptors (Lipinski definition) is 0. The molecule has 2 aliphatic rings.